The second-order valence-electron chi connectivity index (χ2n) is 6.97. The molecule has 148 valence electrons. The van der Waals surface area contributed by atoms with E-state index >= 15 is 0 Å². The van der Waals surface area contributed by atoms with E-state index in [1.165, 1.54) is 14.2 Å². The Hall–Kier alpha value is -1.05. The van der Waals surface area contributed by atoms with Crippen molar-refractivity contribution < 1.29 is 19.1 Å². The highest BCUT2D eigenvalue weighted by atomic mass is 128. The quantitative estimate of drug-likeness (QED) is 0.303. The van der Waals surface area contributed by atoms with Gasteiger partial charge in [0.2, 0.25) is 0 Å². The molecule has 0 N–H and O–H groups in total. The van der Waals surface area contributed by atoms with E-state index in [2.05, 4.69) is 52.2 Å². The molecule has 8 nitrogen and oxygen atoms in total. The number of methoxy groups -OCH3 is 2. The summed E-state index contributed by atoms with van der Waals surface area (Å²) in [7, 11) is 2.54. The Bertz CT molecular complexity index is 894. The number of fused-ring (bicyclic) bond motifs is 1. The predicted molar refractivity (Wildman–Crippen MR) is 117 cm³/mol. The minimum Gasteiger partial charge on any atom is -0.468 e. The van der Waals surface area contributed by atoms with Crippen LogP contribution in [-0.2, 0) is 19.1 Å². The first-order valence-electron chi connectivity index (χ1n) is 8.15. The van der Waals surface area contributed by atoms with Crippen LogP contribution in [0.2, 0.25) is 0 Å². The van der Waals surface area contributed by atoms with Crippen molar-refractivity contribution >= 4 is 60.3 Å². The molecule has 0 saturated heterocycles. The maximum Gasteiger partial charge on any atom is 0.326 e. The van der Waals surface area contributed by atoms with Crippen LogP contribution in [0.25, 0.3) is 11.2 Å². The van der Waals surface area contributed by atoms with Crippen LogP contribution < -0.4 is 0 Å². The molecule has 1 aliphatic carbocycles. The van der Waals surface area contributed by atoms with Crippen LogP contribution in [-0.4, -0.2) is 45.7 Å². The lowest BCUT2D eigenvalue weighted by Gasteiger charge is -2.15. The molecule has 2 aromatic heterocycles. The van der Waals surface area contributed by atoms with Crippen molar-refractivity contribution in [1.82, 2.24) is 19.5 Å². The van der Waals surface area contributed by atoms with Crippen LogP contribution in [0.3, 0.4) is 0 Å². The van der Waals surface area contributed by atoms with Crippen molar-refractivity contribution in [3.05, 3.63) is 17.3 Å². The van der Waals surface area contributed by atoms with E-state index in [1.807, 2.05) is 32.3 Å². The number of aryl methyl sites for hydroxylation is 3. The second kappa shape index (κ2) is 7.76. The number of nitrogens with zero attached hydrogens (tertiary/aromatic N) is 4. The lowest BCUT2D eigenvalue weighted by atomic mass is 9.96. The van der Waals surface area contributed by atoms with Crippen LogP contribution in [0.4, 0.5) is 0 Å². The Kier molecular flexibility index (Phi) is 6.39. The Morgan fingerprint density at radius 1 is 1.00 bits per heavy atom. The number of imidazole rings is 1. The first kappa shape index (κ1) is 22.2. The average Bonchev–Trinajstić information content (AvgIpc) is 2.96. The number of carbonyl (C=O) groups excluding carboxylic acids is 2. The van der Waals surface area contributed by atoms with E-state index in [1.54, 1.807) is 6.92 Å². The van der Waals surface area contributed by atoms with Gasteiger partial charge >= 0.3 is 11.9 Å². The average molecular weight is 600 g/mol. The minimum absolute atomic E-state index is 0.501. The van der Waals surface area contributed by atoms with Crippen LogP contribution in [0.5, 0.6) is 0 Å². The third-order valence-electron chi connectivity index (χ3n) is 5.30. The molecule has 0 aliphatic heterocycles. The Balaban J connectivity index is 0.00000126. The van der Waals surface area contributed by atoms with Crippen molar-refractivity contribution in [2.75, 3.05) is 14.2 Å². The van der Waals surface area contributed by atoms with Crippen LogP contribution in [0.15, 0.2) is 0 Å². The summed E-state index contributed by atoms with van der Waals surface area (Å²) in [5.74, 6) is 0.0355. The molecule has 0 radical (unpaired) electrons. The molecule has 0 aromatic carbocycles. The van der Waals surface area contributed by atoms with Gasteiger partial charge in [-0.3, -0.25) is 9.59 Å². The van der Waals surface area contributed by atoms with Gasteiger partial charge in [0.05, 0.1) is 26.0 Å². The number of hydrogen-bond donors (Lipinski definition) is 0. The summed E-state index contributed by atoms with van der Waals surface area (Å²) in [5, 5.41) is 0. The monoisotopic (exact) mass is 600 g/mol. The molecule has 0 spiro atoms. The highest BCUT2D eigenvalue weighted by Gasteiger charge is 2.83. The first-order valence-corrected chi connectivity index (χ1v) is 14.4. The molecule has 10 heteroatoms. The molecule has 1 saturated carbocycles. The Labute approximate surface area is 181 Å². The highest BCUT2D eigenvalue weighted by Crippen LogP contribution is 2.73. The summed E-state index contributed by atoms with van der Waals surface area (Å²) in [4.78, 5) is 38.6. The fraction of sp³-hybridized carbons (Fsp3) is 0.588. The van der Waals surface area contributed by atoms with Gasteiger partial charge in [-0.25, -0.2) is 15.0 Å². The third-order valence-corrected chi connectivity index (χ3v) is 5.30. The normalized spacial score (nSPS) is 19.1. The molecule has 3 rings (SSSR count). The topological polar surface area (TPSA) is 96.2 Å². The molecule has 2 aromatic rings. The van der Waals surface area contributed by atoms with Crippen LogP contribution in [0.1, 0.15) is 37.2 Å². The number of hydrogen-bond acceptors (Lipinski definition) is 7. The molecule has 1 fully saturated rings. The number of rotatable bonds is 3. The van der Waals surface area contributed by atoms with E-state index in [0.717, 1.165) is 5.69 Å². The molecule has 1 atom stereocenters. The maximum atomic E-state index is 12.6. The first-order chi connectivity index (χ1) is 12.6. The number of ether oxygens (including phenoxy) is 2. The lowest BCUT2D eigenvalue weighted by Crippen LogP contribution is -2.34. The third kappa shape index (κ3) is 3.02. The summed E-state index contributed by atoms with van der Waals surface area (Å²) in [6.07, 6.45) is 0. The summed E-state index contributed by atoms with van der Waals surface area (Å²) in [5.41, 5.74) is -0.116. The zero-order chi connectivity index (χ0) is 20.7. The molecule has 0 amide bonds. The van der Waals surface area contributed by atoms with Crippen molar-refractivity contribution in [3.8, 4) is 0 Å². The fourth-order valence-corrected chi connectivity index (χ4v) is 4.07. The van der Waals surface area contributed by atoms with Gasteiger partial charge in [-0.1, -0.05) is 13.8 Å². The van der Waals surface area contributed by atoms with E-state index in [4.69, 9.17) is 9.47 Å². The molecule has 2 heterocycles. The number of esters is 2. The Morgan fingerprint density at radius 2 is 1.52 bits per heavy atom. The largest absolute Gasteiger partial charge is 0.468 e. The molecular formula is C17H22I2N4O4. The summed E-state index contributed by atoms with van der Waals surface area (Å²) < 4.78 is 11.8. The van der Waals surface area contributed by atoms with Crippen molar-refractivity contribution in [1.29, 1.82) is 0 Å². The standard InChI is InChI=1S/C17H22N4O4.I2/c1-8-11-12(19-9(2)18-8)21(10(3)20-11)13-16(4,5)17(13,14(22)24-6)15(23)25-7;1-2/h13H,1-7H3;. The molecular weight excluding hydrogens is 578 g/mol. The summed E-state index contributed by atoms with van der Waals surface area (Å²) in [6, 6.07) is -0.501. The van der Waals surface area contributed by atoms with Crippen LogP contribution in [0, 0.1) is 31.6 Å². The summed E-state index contributed by atoms with van der Waals surface area (Å²) >= 11 is 4.24. The van der Waals surface area contributed by atoms with Gasteiger partial charge in [-0.05, 0) is 20.8 Å². The van der Waals surface area contributed by atoms with Crippen LogP contribution >= 0.6 is 37.2 Å². The fourth-order valence-electron chi connectivity index (χ4n) is 4.07. The SMILES string of the molecule is COC(=O)C1(C(=O)OC)C(n2c(C)nc3c(C)nc(C)nc32)C1(C)C.II. The number of halogens is 2. The van der Waals surface area contributed by atoms with Gasteiger partial charge < -0.3 is 14.0 Å². The molecule has 1 unspecified atom stereocenters. The van der Waals surface area contributed by atoms with Gasteiger partial charge in [-0.2, -0.15) is 0 Å². The van der Waals surface area contributed by atoms with Gasteiger partial charge in [-0.15, -0.1) is 0 Å². The van der Waals surface area contributed by atoms with Crippen molar-refractivity contribution in [2.24, 2.45) is 10.8 Å². The highest BCUT2D eigenvalue weighted by molar-refractivity contribution is 15.0. The maximum absolute atomic E-state index is 12.6. The molecule has 0 bridgehead atoms. The van der Waals surface area contributed by atoms with E-state index in [9.17, 15) is 9.59 Å². The van der Waals surface area contributed by atoms with Gasteiger partial charge in [0.1, 0.15) is 17.2 Å². The predicted octanol–water partition coefficient (Wildman–Crippen LogP) is 3.44. The minimum atomic E-state index is -1.43. The summed E-state index contributed by atoms with van der Waals surface area (Å²) in [6.45, 7) is 9.17. The van der Waals surface area contributed by atoms with E-state index in [-0.39, 0.29) is 0 Å². The zero-order valence-electron chi connectivity index (χ0n) is 16.3. The number of carbonyl (C=O) groups is 2. The lowest BCUT2D eigenvalue weighted by molar-refractivity contribution is -0.163. The van der Waals surface area contributed by atoms with Crippen molar-refractivity contribution in [2.45, 2.75) is 40.7 Å². The van der Waals surface area contributed by atoms with E-state index in [0.29, 0.717) is 22.8 Å². The molecule has 27 heavy (non-hydrogen) atoms. The smallest absolute Gasteiger partial charge is 0.326 e. The van der Waals surface area contributed by atoms with Crippen molar-refractivity contribution in [3.63, 3.8) is 0 Å². The Morgan fingerprint density at radius 3 is 2.00 bits per heavy atom. The second-order valence-corrected chi connectivity index (χ2v) is 6.97. The van der Waals surface area contributed by atoms with E-state index < -0.39 is 28.8 Å². The molecule has 1 aliphatic rings. The van der Waals surface area contributed by atoms with Gasteiger partial charge in [0.15, 0.2) is 11.1 Å². The number of aromatic nitrogens is 4. The van der Waals surface area contributed by atoms with Gasteiger partial charge in [0.25, 0.3) is 0 Å². The zero-order valence-corrected chi connectivity index (χ0v) is 20.6. The van der Waals surface area contributed by atoms with Gasteiger partial charge in [0, 0.05) is 42.6 Å².